The van der Waals surface area contributed by atoms with E-state index in [2.05, 4.69) is 15.9 Å². The fourth-order valence-electron chi connectivity index (χ4n) is 2.08. The maximum atomic E-state index is 12.4. The van der Waals surface area contributed by atoms with Gasteiger partial charge >= 0.3 is 0 Å². The Labute approximate surface area is 119 Å². The topological polar surface area (TPSA) is 20.3 Å². The van der Waals surface area contributed by atoms with E-state index < -0.39 is 0 Å². The van der Waals surface area contributed by atoms with Crippen molar-refractivity contribution in [2.45, 2.75) is 18.9 Å². The molecule has 17 heavy (non-hydrogen) atoms. The molecule has 5 heteroatoms. The van der Waals surface area contributed by atoms with E-state index in [4.69, 9.17) is 23.2 Å². The fourth-order valence-corrected chi connectivity index (χ4v) is 2.96. The van der Waals surface area contributed by atoms with Crippen molar-refractivity contribution < 1.29 is 4.79 Å². The Bertz CT molecular complexity index is 439. The molecule has 1 fully saturated rings. The van der Waals surface area contributed by atoms with E-state index in [1.807, 2.05) is 11.0 Å². The smallest absolute Gasteiger partial charge is 0.255 e. The van der Waals surface area contributed by atoms with Crippen molar-refractivity contribution in [3.63, 3.8) is 0 Å². The third kappa shape index (κ3) is 2.78. The lowest BCUT2D eigenvalue weighted by atomic mass is 10.2. The summed E-state index contributed by atoms with van der Waals surface area (Å²) in [6.07, 6.45) is 1.98. The van der Waals surface area contributed by atoms with Crippen molar-refractivity contribution in [3.8, 4) is 0 Å². The van der Waals surface area contributed by atoms with E-state index >= 15 is 0 Å². The number of alkyl halides is 1. The number of amides is 1. The lowest BCUT2D eigenvalue weighted by Gasteiger charge is -2.23. The second kappa shape index (κ2) is 5.59. The molecule has 1 amide bonds. The van der Waals surface area contributed by atoms with Gasteiger partial charge in [0.15, 0.2) is 0 Å². The predicted molar refractivity (Wildman–Crippen MR) is 73.9 cm³/mol. The van der Waals surface area contributed by atoms with Crippen LogP contribution < -0.4 is 0 Å². The molecule has 2 nitrogen and oxygen atoms in total. The minimum absolute atomic E-state index is 0.0283. The number of likely N-dealkylation sites (tertiary alicyclic amines) is 1. The van der Waals surface area contributed by atoms with Crippen LogP contribution in [0, 0.1) is 0 Å². The van der Waals surface area contributed by atoms with Gasteiger partial charge in [-0.1, -0.05) is 27.5 Å². The molecule has 1 aliphatic rings. The molecule has 1 atom stereocenters. The molecular weight excluding hydrogens is 325 g/mol. The van der Waals surface area contributed by atoms with Crippen LogP contribution in [-0.2, 0) is 0 Å². The van der Waals surface area contributed by atoms with Crippen molar-refractivity contribution in [1.29, 1.82) is 0 Å². The molecule has 0 radical (unpaired) electrons. The molecule has 0 aliphatic carbocycles. The van der Waals surface area contributed by atoms with Crippen LogP contribution in [0.25, 0.3) is 0 Å². The zero-order valence-electron chi connectivity index (χ0n) is 9.13. The van der Waals surface area contributed by atoms with Gasteiger partial charge in [0.2, 0.25) is 0 Å². The molecule has 0 spiro atoms. The number of nitrogens with zero attached hydrogens (tertiary/aromatic N) is 1. The minimum Gasteiger partial charge on any atom is -0.334 e. The quantitative estimate of drug-likeness (QED) is 0.749. The Kier molecular flexibility index (Phi) is 4.34. The maximum Gasteiger partial charge on any atom is 0.255 e. The average molecular weight is 337 g/mol. The Hall–Kier alpha value is -0.250. The SMILES string of the molecule is O=C(c1cc(Br)ccc1Cl)N1CCCC1CCl. The van der Waals surface area contributed by atoms with Crippen LogP contribution in [0.1, 0.15) is 23.2 Å². The van der Waals surface area contributed by atoms with Gasteiger partial charge in [-0.25, -0.2) is 0 Å². The number of hydrogen-bond donors (Lipinski definition) is 0. The number of hydrogen-bond acceptors (Lipinski definition) is 1. The number of carbonyl (C=O) groups excluding carboxylic acids is 1. The van der Waals surface area contributed by atoms with Crippen LogP contribution >= 0.6 is 39.1 Å². The van der Waals surface area contributed by atoms with Crippen molar-refractivity contribution >= 4 is 45.0 Å². The minimum atomic E-state index is -0.0283. The van der Waals surface area contributed by atoms with Gasteiger partial charge in [-0.15, -0.1) is 11.6 Å². The van der Waals surface area contributed by atoms with Crippen LogP contribution in [0.4, 0.5) is 0 Å². The number of benzene rings is 1. The molecule has 92 valence electrons. The highest BCUT2D eigenvalue weighted by atomic mass is 79.9. The molecule has 0 bridgehead atoms. The predicted octanol–water partition coefficient (Wildman–Crippen LogP) is 3.95. The molecule has 1 heterocycles. The lowest BCUT2D eigenvalue weighted by Crippen LogP contribution is -2.36. The van der Waals surface area contributed by atoms with E-state index in [1.54, 1.807) is 12.1 Å². The standard InChI is InChI=1S/C12H12BrCl2NO/c13-8-3-4-11(15)10(6-8)12(17)16-5-1-2-9(16)7-14/h3-4,6,9H,1-2,5,7H2. The van der Waals surface area contributed by atoms with Crippen LogP contribution in [0.2, 0.25) is 5.02 Å². The third-order valence-electron chi connectivity index (χ3n) is 2.97. The highest BCUT2D eigenvalue weighted by molar-refractivity contribution is 9.10. The van der Waals surface area contributed by atoms with Crippen molar-refractivity contribution in [2.75, 3.05) is 12.4 Å². The summed E-state index contributed by atoms with van der Waals surface area (Å²) in [4.78, 5) is 14.2. The van der Waals surface area contributed by atoms with Gasteiger partial charge in [0, 0.05) is 22.9 Å². The monoisotopic (exact) mass is 335 g/mol. The van der Waals surface area contributed by atoms with Gasteiger partial charge in [0.25, 0.3) is 5.91 Å². The van der Waals surface area contributed by atoms with Crippen LogP contribution in [0.5, 0.6) is 0 Å². The van der Waals surface area contributed by atoms with Gasteiger partial charge < -0.3 is 4.90 Å². The van der Waals surface area contributed by atoms with Crippen molar-refractivity contribution in [1.82, 2.24) is 4.90 Å². The third-order valence-corrected chi connectivity index (χ3v) is 4.15. The molecule has 0 aromatic heterocycles. The first kappa shape index (κ1) is 13.2. The van der Waals surface area contributed by atoms with E-state index in [0.717, 1.165) is 23.9 Å². The Balaban J connectivity index is 2.27. The molecule has 2 rings (SSSR count). The molecule has 1 aromatic rings. The molecule has 1 unspecified atom stereocenters. The summed E-state index contributed by atoms with van der Waals surface area (Å²) in [5.41, 5.74) is 0.540. The lowest BCUT2D eigenvalue weighted by molar-refractivity contribution is 0.0749. The first-order valence-corrected chi connectivity index (χ1v) is 7.16. The van der Waals surface area contributed by atoms with Gasteiger partial charge in [0.1, 0.15) is 0 Å². The summed E-state index contributed by atoms with van der Waals surface area (Å²) in [6.45, 7) is 0.763. The zero-order valence-corrected chi connectivity index (χ0v) is 12.2. The highest BCUT2D eigenvalue weighted by Gasteiger charge is 2.29. The molecule has 0 N–H and O–H groups in total. The highest BCUT2D eigenvalue weighted by Crippen LogP contribution is 2.26. The molecular formula is C12H12BrCl2NO. The normalized spacial score (nSPS) is 19.7. The molecule has 1 aliphatic heterocycles. The molecule has 0 saturated carbocycles. The fraction of sp³-hybridized carbons (Fsp3) is 0.417. The van der Waals surface area contributed by atoms with Crippen molar-refractivity contribution in [2.24, 2.45) is 0 Å². The first-order chi connectivity index (χ1) is 8.13. The first-order valence-electron chi connectivity index (χ1n) is 5.45. The largest absolute Gasteiger partial charge is 0.334 e. The Morgan fingerprint density at radius 1 is 1.53 bits per heavy atom. The van der Waals surface area contributed by atoms with E-state index in [0.29, 0.717) is 16.5 Å². The maximum absolute atomic E-state index is 12.4. The second-order valence-electron chi connectivity index (χ2n) is 4.07. The van der Waals surface area contributed by atoms with Gasteiger partial charge in [0.05, 0.1) is 10.6 Å². The average Bonchev–Trinajstić information content (AvgIpc) is 2.79. The van der Waals surface area contributed by atoms with Crippen LogP contribution in [-0.4, -0.2) is 29.3 Å². The summed E-state index contributed by atoms with van der Waals surface area (Å²) in [6, 6.07) is 5.44. The zero-order chi connectivity index (χ0) is 12.4. The summed E-state index contributed by atoms with van der Waals surface area (Å²) < 4.78 is 0.854. The summed E-state index contributed by atoms with van der Waals surface area (Å²) in [7, 11) is 0. The summed E-state index contributed by atoms with van der Waals surface area (Å²) in [5.74, 6) is 0.455. The number of halogens is 3. The summed E-state index contributed by atoms with van der Waals surface area (Å²) >= 11 is 15.3. The van der Waals surface area contributed by atoms with Gasteiger partial charge in [-0.2, -0.15) is 0 Å². The Morgan fingerprint density at radius 3 is 3.00 bits per heavy atom. The van der Waals surface area contributed by atoms with Crippen LogP contribution in [0.3, 0.4) is 0 Å². The molecule has 1 aromatic carbocycles. The second-order valence-corrected chi connectivity index (χ2v) is 5.70. The van der Waals surface area contributed by atoms with Gasteiger partial charge in [-0.05, 0) is 31.0 Å². The van der Waals surface area contributed by atoms with Crippen LogP contribution in [0.15, 0.2) is 22.7 Å². The van der Waals surface area contributed by atoms with E-state index in [-0.39, 0.29) is 11.9 Å². The van der Waals surface area contributed by atoms with E-state index in [9.17, 15) is 4.79 Å². The van der Waals surface area contributed by atoms with E-state index in [1.165, 1.54) is 0 Å². The van der Waals surface area contributed by atoms with Crippen molar-refractivity contribution in [3.05, 3.63) is 33.3 Å². The number of carbonyl (C=O) groups is 1. The summed E-state index contributed by atoms with van der Waals surface area (Å²) in [5, 5.41) is 0.485. The Morgan fingerprint density at radius 2 is 2.29 bits per heavy atom. The van der Waals surface area contributed by atoms with Gasteiger partial charge in [-0.3, -0.25) is 4.79 Å². The number of rotatable bonds is 2. The molecule has 1 saturated heterocycles.